The van der Waals surface area contributed by atoms with Crippen LogP contribution in [-0.4, -0.2) is 5.11 Å². The number of terminal acetylenes is 1. The summed E-state index contributed by atoms with van der Waals surface area (Å²) < 4.78 is 5.73. The van der Waals surface area contributed by atoms with E-state index in [2.05, 4.69) is 12.8 Å². The van der Waals surface area contributed by atoms with Crippen LogP contribution in [0.5, 0.6) is 11.5 Å². The zero-order valence-corrected chi connectivity index (χ0v) is 13.3. The van der Waals surface area contributed by atoms with Crippen molar-refractivity contribution in [2.75, 3.05) is 0 Å². The fourth-order valence-electron chi connectivity index (χ4n) is 2.19. The van der Waals surface area contributed by atoms with Crippen LogP contribution in [0.25, 0.3) is 0 Å². The van der Waals surface area contributed by atoms with Gasteiger partial charge in [-0.3, -0.25) is 0 Å². The fraction of sp³-hybridized carbons (Fsp3) is 0.263. The number of aliphatic hydroxyl groups is 1. The average Bonchev–Trinajstić information content (AvgIpc) is 2.55. The monoisotopic (exact) mass is 314 g/mol. The molecule has 2 rings (SSSR count). The summed E-state index contributed by atoms with van der Waals surface area (Å²) in [5, 5.41) is 11.1. The van der Waals surface area contributed by atoms with Crippen LogP contribution in [0.2, 0.25) is 5.02 Å². The molecule has 0 saturated carbocycles. The predicted molar refractivity (Wildman–Crippen MR) is 90.2 cm³/mol. The Labute approximate surface area is 136 Å². The Morgan fingerprint density at radius 3 is 2.45 bits per heavy atom. The van der Waals surface area contributed by atoms with Gasteiger partial charge in [0.1, 0.15) is 11.5 Å². The van der Waals surface area contributed by atoms with Crippen molar-refractivity contribution in [1.82, 2.24) is 0 Å². The number of hydrogen-bond acceptors (Lipinski definition) is 2. The molecule has 3 heteroatoms. The molecular weight excluding hydrogens is 296 g/mol. The van der Waals surface area contributed by atoms with Crippen LogP contribution in [0, 0.1) is 12.3 Å². The molecule has 0 aliphatic carbocycles. The largest absolute Gasteiger partial charge is 0.456 e. The minimum absolute atomic E-state index is 0.546. The minimum Gasteiger partial charge on any atom is -0.456 e. The highest BCUT2D eigenvalue weighted by atomic mass is 35.5. The molecule has 0 amide bonds. The van der Waals surface area contributed by atoms with Gasteiger partial charge >= 0.3 is 0 Å². The second-order valence-corrected chi connectivity index (χ2v) is 5.57. The summed E-state index contributed by atoms with van der Waals surface area (Å²) >= 11 is 6.07. The molecule has 0 saturated heterocycles. The van der Waals surface area contributed by atoms with Gasteiger partial charge < -0.3 is 9.84 Å². The summed E-state index contributed by atoms with van der Waals surface area (Å²) in [5.41, 5.74) is -0.520. The molecule has 0 radical (unpaired) electrons. The van der Waals surface area contributed by atoms with Gasteiger partial charge in [-0.2, -0.15) is 0 Å². The third-order valence-corrected chi connectivity index (χ3v) is 3.84. The van der Waals surface area contributed by atoms with Crippen molar-refractivity contribution in [3.8, 4) is 23.8 Å². The van der Waals surface area contributed by atoms with E-state index in [1.54, 1.807) is 36.4 Å². The molecule has 0 aromatic heterocycles. The highest BCUT2D eigenvalue weighted by Gasteiger charge is 2.25. The summed E-state index contributed by atoms with van der Waals surface area (Å²) in [6, 6.07) is 14.4. The Bertz CT molecular complexity index is 658. The van der Waals surface area contributed by atoms with Crippen LogP contribution in [0.15, 0.2) is 48.5 Å². The van der Waals surface area contributed by atoms with Crippen LogP contribution in [0.4, 0.5) is 0 Å². The Morgan fingerprint density at radius 2 is 1.86 bits per heavy atom. The first-order chi connectivity index (χ1) is 10.6. The third-order valence-electron chi connectivity index (χ3n) is 3.53. The summed E-state index contributed by atoms with van der Waals surface area (Å²) in [7, 11) is 0. The van der Waals surface area contributed by atoms with E-state index in [1.165, 1.54) is 0 Å². The van der Waals surface area contributed by atoms with Crippen molar-refractivity contribution in [2.45, 2.75) is 31.8 Å². The van der Waals surface area contributed by atoms with Crippen LogP contribution in [0.1, 0.15) is 31.7 Å². The van der Waals surface area contributed by atoms with E-state index in [0.717, 1.165) is 12.8 Å². The maximum absolute atomic E-state index is 10.5. The summed E-state index contributed by atoms with van der Waals surface area (Å²) in [4.78, 5) is 0. The van der Waals surface area contributed by atoms with Crippen molar-refractivity contribution in [3.05, 3.63) is 59.1 Å². The van der Waals surface area contributed by atoms with Crippen LogP contribution < -0.4 is 4.74 Å². The summed E-state index contributed by atoms with van der Waals surface area (Å²) in [6.07, 6.45) is 7.92. The molecule has 1 unspecified atom stereocenters. The molecule has 0 fully saturated rings. The number of benzene rings is 2. The zero-order valence-electron chi connectivity index (χ0n) is 12.6. The van der Waals surface area contributed by atoms with Crippen molar-refractivity contribution in [1.29, 1.82) is 0 Å². The molecule has 22 heavy (non-hydrogen) atoms. The van der Waals surface area contributed by atoms with E-state index >= 15 is 0 Å². The standard InChI is InChI=1S/C19H19ClO2/c1-3-5-14-19(21,4-2)15-10-12-16(13-11-15)22-18-9-7-6-8-17(18)20/h2,6-13,21H,3,5,14H2,1H3. The molecule has 0 aliphatic heterocycles. The van der Waals surface area contributed by atoms with E-state index in [0.29, 0.717) is 28.5 Å². The maximum atomic E-state index is 10.5. The molecule has 0 spiro atoms. The van der Waals surface area contributed by atoms with Crippen molar-refractivity contribution < 1.29 is 9.84 Å². The molecule has 1 N–H and O–H groups in total. The Hall–Kier alpha value is -1.95. The molecular formula is C19H19ClO2. The number of hydrogen-bond donors (Lipinski definition) is 1. The molecule has 0 bridgehead atoms. The van der Waals surface area contributed by atoms with Gasteiger partial charge in [0, 0.05) is 0 Å². The lowest BCUT2D eigenvalue weighted by molar-refractivity contribution is 0.0877. The number of rotatable bonds is 6. The Kier molecular flexibility index (Phi) is 5.49. The highest BCUT2D eigenvalue weighted by Crippen LogP contribution is 2.31. The van der Waals surface area contributed by atoms with Gasteiger partial charge in [-0.05, 0) is 42.7 Å². The van der Waals surface area contributed by atoms with Gasteiger partial charge in [0.2, 0.25) is 0 Å². The first kappa shape index (κ1) is 16.4. The van der Waals surface area contributed by atoms with Gasteiger partial charge in [-0.25, -0.2) is 0 Å². The second kappa shape index (κ2) is 7.35. The summed E-state index contributed by atoms with van der Waals surface area (Å²) in [6.45, 7) is 2.07. The lowest BCUT2D eigenvalue weighted by atomic mass is 9.89. The molecule has 1 atom stereocenters. The Morgan fingerprint density at radius 1 is 1.18 bits per heavy atom. The fourth-order valence-corrected chi connectivity index (χ4v) is 2.36. The average molecular weight is 315 g/mol. The number of unbranched alkanes of at least 4 members (excludes halogenated alkanes) is 1. The SMILES string of the molecule is C#CC(O)(CCCC)c1ccc(Oc2ccccc2Cl)cc1. The maximum Gasteiger partial charge on any atom is 0.150 e. The minimum atomic E-state index is -1.22. The van der Waals surface area contributed by atoms with Crippen molar-refractivity contribution in [2.24, 2.45) is 0 Å². The van der Waals surface area contributed by atoms with Gasteiger partial charge in [-0.15, -0.1) is 6.42 Å². The smallest absolute Gasteiger partial charge is 0.150 e. The zero-order chi connectivity index (χ0) is 16.0. The van der Waals surface area contributed by atoms with Gasteiger partial charge in [0.05, 0.1) is 5.02 Å². The topological polar surface area (TPSA) is 29.5 Å². The van der Waals surface area contributed by atoms with Gasteiger partial charge in [0.15, 0.2) is 5.60 Å². The normalized spacial score (nSPS) is 13.2. The summed E-state index contributed by atoms with van der Waals surface area (Å²) in [5.74, 6) is 3.74. The first-order valence-corrected chi connectivity index (χ1v) is 7.70. The number of ether oxygens (including phenoxy) is 1. The molecule has 114 valence electrons. The third kappa shape index (κ3) is 3.82. The van der Waals surface area contributed by atoms with E-state index < -0.39 is 5.60 Å². The van der Waals surface area contributed by atoms with Crippen LogP contribution in [-0.2, 0) is 5.60 Å². The van der Waals surface area contributed by atoms with E-state index in [1.807, 2.05) is 12.1 Å². The van der Waals surface area contributed by atoms with Crippen LogP contribution >= 0.6 is 11.6 Å². The molecule has 2 nitrogen and oxygen atoms in total. The van der Waals surface area contributed by atoms with E-state index in [4.69, 9.17) is 22.8 Å². The predicted octanol–water partition coefficient (Wildman–Crippen LogP) is 5.14. The van der Waals surface area contributed by atoms with Gasteiger partial charge in [0.25, 0.3) is 0 Å². The number of halogens is 1. The molecule has 0 aliphatic rings. The van der Waals surface area contributed by atoms with E-state index in [-0.39, 0.29) is 0 Å². The van der Waals surface area contributed by atoms with E-state index in [9.17, 15) is 5.11 Å². The molecule has 2 aromatic rings. The molecule has 2 aromatic carbocycles. The Balaban J connectivity index is 2.16. The number of para-hydroxylation sites is 1. The quantitative estimate of drug-likeness (QED) is 0.748. The molecule has 0 heterocycles. The van der Waals surface area contributed by atoms with Crippen LogP contribution in [0.3, 0.4) is 0 Å². The second-order valence-electron chi connectivity index (χ2n) is 5.17. The van der Waals surface area contributed by atoms with Gasteiger partial charge in [-0.1, -0.05) is 55.1 Å². The van der Waals surface area contributed by atoms with Crippen molar-refractivity contribution >= 4 is 11.6 Å². The highest BCUT2D eigenvalue weighted by molar-refractivity contribution is 6.32. The van der Waals surface area contributed by atoms with Crippen molar-refractivity contribution in [3.63, 3.8) is 0 Å². The lowest BCUT2D eigenvalue weighted by Gasteiger charge is -2.22. The first-order valence-electron chi connectivity index (χ1n) is 7.32. The lowest BCUT2D eigenvalue weighted by Crippen LogP contribution is -2.23.